The van der Waals surface area contributed by atoms with E-state index in [1.807, 2.05) is 0 Å². The lowest BCUT2D eigenvalue weighted by Gasteiger charge is -2.24. The van der Waals surface area contributed by atoms with E-state index in [0.717, 1.165) is 32.0 Å². The van der Waals surface area contributed by atoms with Crippen LogP contribution in [0.15, 0.2) is 0 Å². The van der Waals surface area contributed by atoms with Crippen molar-refractivity contribution in [3.8, 4) is 0 Å². The average molecular weight is 214 g/mol. The van der Waals surface area contributed by atoms with Crippen LogP contribution >= 0.6 is 0 Å². The Bertz CT molecular complexity index is 147. The normalized spacial score (nSPS) is 20.4. The maximum atomic E-state index is 6.01. The summed E-state index contributed by atoms with van der Waals surface area (Å²) in [7, 11) is 1.74. The zero-order valence-corrected chi connectivity index (χ0v) is 10.0. The predicted molar refractivity (Wildman–Crippen MR) is 64.0 cm³/mol. The SMILES string of the molecule is COCCCC(N)CNC1CCCCC1. The smallest absolute Gasteiger partial charge is 0.0462 e. The van der Waals surface area contributed by atoms with Crippen molar-refractivity contribution in [2.75, 3.05) is 20.3 Å². The van der Waals surface area contributed by atoms with E-state index in [-0.39, 0.29) is 0 Å². The van der Waals surface area contributed by atoms with Gasteiger partial charge in [0.1, 0.15) is 0 Å². The van der Waals surface area contributed by atoms with Crippen LogP contribution in [0.25, 0.3) is 0 Å². The summed E-state index contributed by atoms with van der Waals surface area (Å²) in [5.41, 5.74) is 6.01. The molecule has 0 spiro atoms. The highest BCUT2D eigenvalue weighted by molar-refractivity contribution is 4.74. The average Bonchev–Trinajstić information content (AvgIpc) is 2.28. The summed E-state index contributed by atoms with van der Waals surface area (Å²) in [6, 6.07) is 1.02. The van der Waals surface area contributed by atoms with Gasteiger partial charge in [-0.2, -0.15) is 0 Å². The minimum absolute atomic E-state index is 0.294. The molecule has 0 aliphatic heterocycles. The molecule has 0 bridgehead atoms. The lowest BCUT2D eigenvalue weighted by atomic mass is 9.95. The first kappa shape index (κ1) is 12.9. The van der Waals surface area contributed by atoms with E-state index in [9.17, 15) is 0 Å². The molecular formula is C12H26N2O. The second kappa shape index (κ2) is 8.08. The number of methoxy groups -OCH3 is 1. The van der Waals surface area contributed by atoms with E-state index in [0.29, 0.717) is 6.04 Å². The Kier molecular flexibility index (Phi) is 6.98. The van der Waals surface area contributed by atoms with Gasteiger partial charge in [0.15, 0.2) is 0 Å². The second-order valence-corrected chi connectivity index (χ2v) is 4.64. The molecule has 90 valence electrons. The van der Waals surface area contributed by atoms with Gasteiger partial charge in [-0.1, -0.05) is 19.3 Å². The van der Waals surface area contributed by atoms with Gasteiger partial charge in [-0.3, -0.25) is 0 Å². The van der Waals surface area contributed by atoms with Crippen LogP contribution in [0.1, 0.15) is 44.9 Å². The van der Waals surface area contributed by atoms with Gasteiger partial charge in [0.2, 0.25) is 0 Å². The molecule has 0 saturated heterocycles. The number of rotatable bonds is 7. The van der Waals surface area contributed by atoms with Crippen LogP contribution in [-0.4, -0.2) is 32.3 Å². The molecule has 0 aromatic rings. The van der Waals surface area contributed by atoms with Crippen LogP contribution in [0.5, 0.6) is 0 Å². The van der Waals surface area contributed by atoms with Crippen molar-refractivity contribution in [3.63, 3.8) is 0 Å². The molecule has 1 aliphatic rings. The summed E-state index contributed by atoms with van der Waals surface area (Å²) in [5, 5.41) is 3.58. The number of hydrogen-bond donors (Lipinski definition) is 2. The van der Waals surface area contributed by atoms with E-state index >= 15 is 0 Å². The van der Waals surface area contributed by atoms with Crippen LogP contribution in [0.4, 0.5) is 0 Å². The molecule has 1 unspecified atom stereocenters. The van der Waals surface area contributed by atoms with E-state index in [1.54, 1.807) is 7.11 Å². The summed E-state index contributed by atoms with van der Waals surface area (Å²) in [6.45, 7) is 1.80. The molecule has 0 amide bonds. The molecule has 0 aromatic heterocycles. The standard InChI is InChI=1S/C12H26N2O/c1-15-9-5-6-11(13)10-14-12-7-3-2-4-8-12/h11-12,14H,2-10,13H2,1H3. The number of nitrogens with one attached hydrogen (secondary N) is 1. The molecule has 0 heterocycles. The monoisotopic (exact) mass is 214 g/mol. The zero-order valence-electron chi connectivity index (χ0n) is 10.0. The predicted octanol–water partition coefficient (Wildman–Crippen LogP) is 1.66. The first-order chi connectivity index (χ1) is 7.33. The molecule has 15 heavy (non-hydrogen) atoms. The van der Waals surface area contributed by atoms with Gasteiger partial charge in [-0.25, -0.2) is 0 Å². The Labute approximate surface area is 93.8 Å². The minimum atomic E-state index is 0.294. The van der Waals surface area contributed by atoms with Gasteiger partial charge in [0, 0.05) is 32.3 Å². The Morgan fingerprint density at radius 1 is 1.33 bits per heavy atom. The lowest BCUT2D eigenvalue weighted by Crippen LogP contribution is -2.40. The maximum absolute atomic E-state index is 6.01. The largest absolute Gasteiger partial charge is 0.385 e. The van der Waals surface area contributed by atoms with Crippen molar-refractivity contribution >= 4 is 0 Å². The fourth-order valence-corrected chi connectivity index (χ4v) is 2.22. The Balaban J connectivity index is 1.97. The van der Waals surface area contributed by atoms with Crippen molar-refractivity contribution in [1.29, 1.82) is 0 Å². The van der Waals surface area contributed by atoms with Crippen LogP contribution in [0.3, 0.4) is 0 Å². The summed E-state index contributed by atoms with van der Waals surface area (Å²) in [6.07, 6.45) is 9.00. The Morgan fingerprint density at radius 2 is 2.07 bits per heavy atom. The van der Waals surface area contributed by atoms with E-state index in [4.69, 9.17) is 10.5 Å². The molecule has 1 saturated carbocycles. The van der Waals surface area contributed by atoms with Crippen molar-refractivity contribution in [2.24, 2.45) is 5.73 Å². The molecular weight excluding hydrogens is 188 g/mol. The third kappa shape index (κ3) is 6.13. The highest BCUT2D eigenvalue weighted by Crippen LogP contribution is 2.17. The van der Waals surface area contributed by atoms with Gasteiger partial charge < -0.3 is 15.8 Å². The summed E-state index contributed by atoms with van der Waals surface area (Å²) in [5.74, 6) is 0. The van der Waals surface area contributed by atoms with Crippen LogP contribution in [-0.2, 0) is 4.74 Å². The molecule has 1 rings (SSSR count). The van der Waals surface area contributed by atoms with E-state index in [2.05, 4.69) is 5.32 Å². The van der Waals surface area contributed by atoms with Crippen molar-refractivity contribution in [2.45, 2.75) is 57.0 Å². The fraction of sp³-hybridized carbons (Fsp3) is 1.00. The van der Waals surface area contributed by atoms with Gasteiger partial charge in [-0.15, -0.1) is 0 Å². The fourth-order valence-electron chi connectivity index (χ4n) is 2.22. The first-order valence-electron chi connectivity index (χ1n) is 6.31. The van der Waals surface area contributed by atoms with E-state index < -0.39 is 0 Å². The van der Waals surface area contributed by atoms with Gasteiger partial charge in [0.05, 0.1) is 0 Å². The van der Waals surface area contributed by atoms with Gasteiger partial charge in [0.25, 0.3) is 0 Å². The molecule has 1 fully saturated rings. The van der Waals surface area contributed by atoms with Gasteiger partial charge in [-0.05, 0) is 25.7 Å². The number of nitrogens with two attached hydrogens (primary N) is 1. The third-order valence-electron chi connectivity index (χ3n) is 3.20. The summed E-state index contributed by atoms with van der Waals surface area (Å²) >= 11 is 0. The topological polar surface area (TPSA) is 47.3 Å². The molecule has 3 N–H and O–H groups in total. The Morgan fingerprint density at radius 3 is 2.73 bits per heavy atom. The summed E-state index contributed by atoms with van der Waals surface area (Å²) < 4.78 is 5.01. The zero-order chi connectivity index (χ0) is 10.9. The second-order valence-electron chi connectivity index (χ2n) is 4.64. The van der Waals surface area contributed by atoms with E-state index in [1.165, 1.54) is 32.1 Å². The molecule has 0 aromatic carbocycles. The van der Waals surface area contributed by atoms with Crippen LogP contribution < -0.4 is 11.1 Å². The number of hydrogen-bond acceptors (Lipinski definition) is 3. The first-order valence-corrected chi connectivity index (χ1v) is 6.31. The lowest BCUT2D eigenvalue weighted by molar-refractivity contribution is 0.190. The maximum Gasteiger partial charge on any atom is 0.0462 e. The minimum Gasteiger partial charge on any atom is -0.385 e. The summed E-state index contributed by atoms with van der Waals surface area (Å²) in [4.78, 5) is 0. The van der Waals surface area contributed by atoms with Crippen LogP contribution in [0.2, 0.25) is 0 Å². The molecule has 3 heteroatoms. The quantitative estimate of drug-likeness (QED) is 0.634. The number of ether oxygens (including phenoxy) is 1. The highest BCUT2D eigenvalue weighted by Gasteiger charge is 2.13. The van der Waals surface area contributed by atoms with Crippen molar-refractivity contribution in [3.05, 3.63) is 0 Å². The molecule has 0 radical (unpaired) electrons. The molecule has 1 atom stereocenters. The van der Waals surface area contributed by atoms with Crippen LogP contribution in [0, 0.1) is 0 Å². The van der Waals surface area contributed by atoms with Gasteiger partial charge >= 0.3 is 0 Å². The molecule has 3 nitrogen and oxygen atoms in total. The van der Waals surface area contributed by atoms with Crippen molar-refractivity contribution in [1.82, 2.24) is 5.32 Å². The van der Waals surface area contributed by atoms with Crippen molar-refractivity contribution < 1.29 is 4.74 Å². The highest BCUT2D eigenvalue weighted by atomic mass is 16.5. The third-order valence-corrected chi connectivity index (χ3v) is 3.20. The molecule has 1 aliphatic carbocycles. The Hall–Kier alpha value is -0.120.